The summed E-state index contributed by atoms with van der Waals surface area (Å²) in [5, 5.41) is 0. The molecule has 0 aromatic rings. The molecule has 2 heteroatoms. The maximum Gasteiger partial charge on any atom is 0.155 e. The second kappa shape index (κ2) is 3.85. The highest BCUT2D eigenvalue weighted by molar-refractivity contribution is 5.93. The number of Topliss-reactive ketones (excluding diaryl/α,β-unsaturated/α-hetero) is 1. The maximum absolute atomic E-state index is 11.0. The zero-order chi connectivity index (χ0) is 9.14. The smallest absolute Gasteiger partial charge is 0.155 e. The van der Waals surface area contributed by atoms with E-state index in [1.165, 1.54) is 5.57 Å². The summed E-state index contributed by atoms with van der Waals surface area (Å²) in [7, 11) is 0. The molecule has 0 spiro atoms. The van der Waals surface area contributed by atoms with Gasteiger partial charge in [-0.05, 0) is 32.8 Å². The minimum atomic E-state index is 0.180. The van der Waals surface area contributed by atoms with Crippen LogP contribution in [-0.4, -0.2) is 19.0 Å². The van der Waals surface area contributed by atoms with Crippen LogP contribution in [0, 0.1) is 5.92 Å². The van der Waals surface area contributed by atoms with Gasteiger partial charge in [-0.2, -0.15) is 0 Å². The lowest BCUT2D eigenvalue weighted by Gasteiger charge is -2.10. The fourth-order valence-corrected chi connectivity index (χ4v) is 1.46. The monoisotopic (exact) mass is 168 g/mol. The van der Waals surface area contributed by atoms with E-state index in [0.717, 1.165) is 25.2 Å². The Kier molecular flexibility index (Phi) is 3.04. The van der Waals surface area contributed by atoms with Crippen LogP contribution in [0.15, 0.2) is 11.1 Å². The van der Waals surface area contributed by atoms with Gasteiger partial charge in [-0.15, -0.1) is 0 Å². The number of carbonyl (C=O) groups is 1. The van der Waals surface area contributed by atoms with Crippen molar-refractivity contribution in [1.82, 2.24) is 0 Å². The van der Waals surface area contributed by atoms with E-state index in [2.05, 4.69) is 0 Å². The van der Waals surface area contributed by atoms with Gasteiger partial charge in [0.1, 0.15) is 0 Å². The van der Waals surface area contributed by atoms with E-state index in [9.17, 15) is 4.79 Å². The Balaban J connectivity index is 2.72. The van der Waals surface area contributed by atoms with Crippen LogP contribution in [0.2, 0.25) is 0 Å². The third kappa shape index (κ3) is 1.95. The van der Waals surface area contributed by atoms with E-state index in [1.807, 2.05) is 13.8 Å². The standard InChI is InChI=1S/C10H16O2/c1-7(9(3)11)8(2)10-4-5-12-6-10/h10H,4-6H2,1-3H3/b8-7+/t10-/m1/s1. The summed E-state index contributed by atoms with van der Waals surface area (Å²) in [5.41, 5.74) is 2.12. The molecule has 2 nitrogen and oxygen atoms in total. The largest absolute Gasteiger partial charge is 0.381 e. The van der Waals surface area contributed by atoms with Crippen LogP contribution in [0.4, 0.5) is 0 Å². The zero-order valence-electron chi connectivity index (χ0n) is 8.02. The summed E-state index contributed by atoms with van der Waals surface area (Å²) in [6, 6.07) is 0. The molecule has 0 aromatic carbocycles. The molecule has 1 rings (SSSR count). The highest BCUT2D eigenvalue weighted by Gasteiger charge is 2.19. The molecule has 1 fully saturated rings. The van der Waals surface area contributed by atoms with Gasteiger partial charge in [-0.25, -0.2) is 0 Å². The Labute approximate surface area is 73.6 Å². The molecule has 0 radical (unpaired) electrons. The molecule has 0 bridgehead atoms. The average molecular weight is 168 g/mol. The molecular weight excluding hydrogens is 152 g/mol. The Morgan fingerprint density at radius 2 is 2.00 bits per heavy atom. The van der Waals surface area contributed by atoms with Crippen molar-refractivity contribution in [3.63, 3.8) is 0 Å². The lowest BCUT2D eigenvalue weighted by molar-refractivity contribution is -0.113. The number of hydrogen-bond donors (Lipinski definition) is 0. The molecule has 68 valence electrons. The molecule has 1 aliphatic rings. The molecule has 0 aromatic heterocycles. The molecular formula is C10H16O2. The van der Waals surface area contributed by atoms with Gasteiger partial charge in [0.15, 0.2) is 5.78 Å². The van der Waals surface area contributed by atoms with Crippen molar-refractivity contribution >= 4 is 5.78 Å². The van der Waals surface area contributed by atoms with E-state index in [4.69, 9.17) is 4.74 Å². The highest BCUT2D eigenvalue weighted by Crippen LogP contribution is 2.23. The molecule has 0 amide bonds. The van der Waals surface area contributed by atoms with Crippen LogP contribution in [-0.2, 0) is 9.53 Å². The number of hydrogen-bond acceptors (Lipinski definition) is 2. The first-order chi connectivity index (χ1) is 5.63. The number of ketones is 1. The van der Waals surface area contributed by atoms with E-state index in [-0.39, 0.29) is 5.78 Å². The third-order valence-electron chi connectivity index (χ3n) is 2.66. The van der Waals surface area contributed by atoms with Crippen LogP contribution < -0.4 is 0 Å². The molecule has 1 heterocycles. The number of ether oxygens (including phenoxy) is 1. The molecule has 0 aliphatic carbocycles. The lowest BCUT2D eigenvalue weighted by Crippen LogP contribution is -2.06. The Hall–Kier alpha value is -0.630. The minimum absolute atomic E-state index is 0.180. The normalized spacial score (nSPS) is 25.4. The Morgan fingerprint density at radius 3 is 2.42 bits per heavy atom. The van der Waals surface area contributed by atoms with Crippen LogP contribution in [0.1, 0.15) is 27.2 Å². The fourth-order valence-electron chi connectivity index (χ4n) is 1.46. The first-order valence-electron chi connectivity index (χ1n) is 4.39. The molecule has 0 saturated carbocycles. The quantitative estimate of drug-likeness (QED) is 0.589. The number of carbonyl (C=O) groups excluding carboxylic acids is 1. The molecule has 1 atom stereocenters. The van der Waals surface area contributed by atoms with E-state index >= 15 is 0 Å². The van der Waals surface area contributed by atoms with Gasteiger partial charge in [-0.3, -0.25) is 4.79 Å². The number of allylic oxidation sites excluding steroid dienone is 1. The van der Waals surface area contributed by atoms with E-state index < -0.39 is 0 Å². The summed E-state index contributed by atoms with van der Waals surface area (Å²) >= 11 is 0. The van der Waals surface area contributed by atoms with E-state index in [0.29, 0.717) is 5.92 Å². The van der Waals surface area contributed by atoms with Gasteiger partial charge < -0.3 is 4.74 Å². The van der Waals surface area contributed by atoms with Gasteiger partial charge >= 0.3 is 0 Å². The van der Waals surface area contributed by atoms with Crippen LogP contribution >= 0.6 is 0 Å². The molecule has 1 saturated heterocycles. The summed E-state index contributed by atoms with van der Waals surface area (Å²) in [4.78, 5) is 11.0. The van der Waals surface area contributed by atoms with Crippen molar-refractivity contribution in [2.75, 3.05) is 13.2 Å². The first kappa shape index (κ1) is 9.46. The van der Waals surface area contributed by atoms with Crippen LogP contribution in [0.25, 0.3) is 0 Å². The van der Waals surface area contributed by atoms with Gasteiger partial charge in [0, 0.05) is 12.5 Å². The van der Waals surface area contributed by atoms with Crippen molar-refractivity contribution in [3.05, 3.63) is 11.1 Å². The van der Waals surface area contributed by atoms with Crippen LogP contribution in [0.3, 0.4) is 0 Å². The molecule has 12 heavy (non-hydrogen) atoms. The Bertz CT molecular complexity index is 210. The van der Waals surface area contributed by atoms with Crippen molar-refractivity contribution < 1.29 is 9.53 Å². The predicted octanol–water partition coefficient (Wildman–Crippen LogP) is 1.95. The van der Waals surface area contributed by atoms with Gasteiger partial charge in [0.25, 0.3) is 0 Å². The lowest BCUT2D eigenvalue weighted by atomic mass is 9.94. The van der Waals surface area contributed by atoms with Crippen LogP contribution in [0.5, 0.6) is 0 Å². The summed E-state index contributed by atoms with van der Waals surface area (Å²) in [6.45, 7) is 7.18. The summed E-state index contributed by atoms with van der Waals surface area (Å²) in [5.74, 6) is 0.660. The topological polar surface area (TPSA) is 26.3 Å². The summed E-state index contributed by atoms with van der Waals surface area (Å²) in [6.07, 6.45) is 1.07. The van der Waals surface area contributed by atoms with Gasteiger partial charge in [0.2, 0.25) is 0 Å². The molecule has 0 unspecified atom stereocenters. The van der Waals surface area contributed by atoms with Gasteiger partial charge in [0.05, 0.1) is 6.61 Å². The van der Waals surface area contributed by atoms with Crippen molar-refractivity contribution in [2.24, 2.45) is 5.92 Å². The zero-order valence-corrected chi connectivity index (χ0v) is 8.02. The van der Waals surface area contributed by atoms with Gasteiger partial charge in [-0.1, -0.05) is 5.57 Å². The Morgan fingerprint density at radius 1 is 1.33 bits per heavy atom. The predicted molar refractivity (Wildman–Crippen MR) is 48.0 cm³/mol. The number of rotatable bonds is 2. The molecule has 0 N–H and O–H groups in total. The second-order valence-corrected chi connectivity index (χ2v) is 3.42. The van der Waals surface area contributed by atoms with Crippen molar-refractivity contribution in [2.45, 2.75) is 27.2 Å². The third-order valence-corrected chi connectivity index (χ3v) is 2.66. The first-order valence-corrected chi connectivity index (χ1v) is 4.39. The van der Waals surface area contributed by atoms with Crippen molar-refractivity contribution in [1.29, 1.82) is 0 Å². The highest BCUT2D eigenvalue weighted by atomic mass is 16.5. The average Bonchev–Trinajstić information content (AvgIpc) is 2.53. The fraction of sp³-hybridized carbons (Fsp3) is 0.700. The van der Waals surface area contributed by atoms with E-state index in [1.54, 1.807) is 6.92 Å². The maximum atomic E-state index is 11.0. The van der Waals surface area contributed by atoms with Crippen molar-refractivity contribution in [3.8, 4) is 0 Å². The minimum Gasteiger partial charge on any atom is -0.381 e. The SMILES string of the molecule is CC(=O)/C(C)=C(\C)[C@@H]1CCOC1. The second-order valence-electron chi connectivity index (χ2n) is 3.42. The summed E-state index contributed by atoms with van der Waals surface area (Å²) < 4.78 is 5.26. The molecule has 1 aliphatic heterocycles.